The fourth-order valence-corrected chi connectivity index (χ4v) is 4.77. The summed E-state index contributed by atoms with van der Waals surface area (Å²) in [6, 6.07) is 26.0. The Kier molecular flexibility index (Phi) is 4.76. The normalized spacial score (nSPS) is 10.7. The quantitative estimate of drug-likeness (QED) is 0.652. The highest BCUT2D eigenvalue weighted by Crippen LogP contribution is 2.34. The van der Waals surface area contributed by atoms with Crippen molar-refractivity contribution in [1.29, 1.82) is 0 Å². The molecule has 0 N–H and O–H groups in total. The standard InChI is InChI=1S/C19H18NP/c1-3-7-18(8-4-1)21(19-9-5-2-6-10-19)16-13-17-11-14-20-15-12-17/h1-12,14-15H,13,16H2. The number of aryl methyl sites for hydroxylation is 1. The van der Waals surface area contributed by atoms with Gasteiger partial charge in [0, 0.05) is 12.4 Å². The summed E-state index contributed by atoms with van der Waals surface area (Å²) in [4.78, 5) is 4.09. The Hall–Kier alpha value is -1.98. The van der Waals surface area contributed by atoms with Crippen molar-refractivity contribution in [2.45, 2.75) is 6.42 Å². The maximum Gasteiger partial charge on any atom is 0.0270 e. The highest BCUT2D eigenvalue weighted by molar-refractivity contribution is 7.73. The molecule has 0 saturated carbocycles. The number of hydrogen-bond acceptors (Lipinski definition) is 1. The van der Waals surface area contributed by atoms with Crippen LogP contribution in [0.2, 0.25) is 0 Å². The average Bonchev–Trinajstić information content (AvgIpc) is 2.58. The van der Waals surface area contributed by atoms with Crippen LogP contribution in [-0.4, -0.2) is 11.1 Å². The lowest BCUT2D eigenvalue weighted by atomic mass is 10.2. The Labute approximate surface area is 127 Å². The molecule has 0 spiro atoms. The van der Waals surface area contributed by atoms with Gasteiger partial charge in [-0.25, -0.2) is 0 Å². The van der Waals surface area contributed by atoms with Gasteiger partial charge in [-0.3, -0.25) is 4.98 Å². The van der Waals surface area contributed by atoms with E-state index in [1.165, 1.54) is 22.3 Å². The molecule has 0 amide bonds. The lowest BCUT2D eigenvalue weighted by Crippen LogP contribution is -2.14. The van der Waals surface area contributed by atoms with Gasteiger partial charge < -0.3 is 0 Å². The zero-order chi connectivity index (χ0) is 14.3. The molecular weight excluding hydrogens is 273 g/mol. The van der Waals surface area contributed by atoms with Crippen LogP contribution in [0.5, 0.6) is 0 Å². The second-order valence-corrected chi connectivity index (χ2v) is 7.26. The molecule has 0 unspecified atom stereocenters. The molecule has 0 bridgehead atoms. The zero-order valence-corrected chi connectivity index (χ0v) is 12.8. The molecule has 21 heavy (non-hydrogen) atoms. The van der Waals surface area contributed by atoms with Crippen LogP contribution in [0.25, 0.3) is 0 Å². The highest BCUT2D eigenvalue weighted by atomic mass is 31.1. The number of aromatic nitrogens is 1. The second-order valence-electron chi connectivity index (χ2n) is 4.93. The van der Waals surface area contributed by atoms with Crippen LogP contribution in [0, 0.1) is 0 Å². The summed E-state index contributed by atoms with van der Waals surface area (Å²) in [5.41, 5.74) is 1.37. The molecule has 1 heterocycles. The minimum Gasteiger partial charge on any atom is -0.265 e. The maximum atomic E-state index is 4.09. The Bertz CT molecular complexity index is 613. The SMILES string of the molecule is c1ccc(P(CCc2ccncc2)c2ccccc2)cc1. The molecule has 0 aliphatic heterocycles. The minimum absolute atomic E-state index is 0.295. The molecule has 2 heteroatoms. The lowest BCUT2D eigenvalue weighted by molar-refractivity contribution is 1.13. The first kappa shape index (κ1) is 14.0. The van der Waals surface area contributed by atoms with Crippen molar-refractivity contribution in [3.05, 3.63) is 90.8 Å². The molecule has 104 valence electrons. The van der Waals surface area contributed by atoms with E-state index in [9.17, 15) is 0 Å². The van der Waals surface area contributed by atoms with E-state index in [1.807, 2.05) is 12.4 Å². The van der Waals surface area contributed by atoms with Crippen LogP contribution in [0.15, 0.2) is 85.2 Å². The predicted octanol–water partition coefficient (Wildman–Crippen LogP) is 3.76. The first-order valence-electron chi connectivity index (χ1n) is 7.20. The largest absolute Gasteiger partial charge is 0.265 e. The number of pyridine rings is 1. The number of benzene rings is 2. The van der Waals surface area contributed by atoms with Crippen LogP contribution in [-0.2, 0) is 6.42 Å². The first-order chi connectivity index (χ1) is 10.4. The highest BCUT2D eigenvalue weighted by Gasteiger charge is 2.13. The summed E-state index contributed by atoms with van der Waals surface area (Å²) in [6.45, 7) is 0. The molecule has 1 nitrogen and oxygen atoms in total. The Morgan fingerprint density at radius 1 is 0.667 bits per heavy atom. The van der Waals surface area contributed by atoms with E-state index < -0.39 is 0 Å². The van der Waals surface area contributed by atoms with E-state index >= 15 is 0 Å². The van der Waals surface area contributed by atoms with Crippen molar-refractivity contribution >= 4 is 18.5 Å². The van der Waals surface area contributed by atoms with E-state index in [2.05, 4.69) is 77.8 Å². The van der Waals surface area contributed by atoms with E-state index in [4.69, 9.17) is 0 Å². The summed E-state index contributed by atoms with van der Waals surface area (Å²) in [5, 5.41) is 2.90. The number of nitrogens with zero attached hydrogens (tertiary/aromatic N) is 1. The zero-order valence-electron chi connectivity index (χ0n) is 11.9. The Balaban J connectivity index is 1.83. The van der Waals surface area contributed by atoms with Gasteiger partial charge in [0.05, 0.1) is 0 Å². The molecule has 0 saturated heterocycles. The van der Waals surface area contributed by atoms with E-state index in [1.54, 1.807) is 0 Å². The monoisotopic (exact) mass is 291 g/mol. The van der Waals surface area contributed by atoms with Gasteiger partial charge >= 0.3 is 0 Å². The Morgan fingerprint density at radius 2 is 1.19 bits per heavy atom. The van der Waals surface area contributed by atoms with Crippen molar-refractivity contribution in [3.8, 4) is 0 Å². The third-order valence-electron chi connectivity index (χ3n) is 3.51. The third kappa shape index (κ3) is 3.77. The van der Waals surface area contributed by atoms with E-state index in [0.717, 1.165) is 6.42 Å². The van der Waals surface area contributed by atoms with Crippen molar-refractivity contribution in [2.24, 2.45) is 0 Å². The number of hydrogen-bond donors (Lipinski definition) is 0. The van der Waals surface area contributed by atoms with Crippen LogP contribution in [0.4, 0.5) is 0 Å². The van der Waals surface area contributed by atoms with Gasteiger partial charge in [0.1, 0.15) is 0 Å². The molecule has 3 rings (SSSR count). The fourth-order valence-electron chi connectivity index (χ4n) is 2.41. The van der Waals surface area contributed by atoms with Crippen LogP contribution in [0.3, 0.4) is 0 Å². The van der Waals surface area contributed by atoms with Crippen LogP contribution in [0.1, 0.15) is 5.56 Å². The smallest absolute Gasteiger partial charge is 0.0270 e. The third-order valence-corrected chi connectivity index (χ3v) is 6.02. The van der Waals surface area contributed by atoms with Crippen molar-refractivity contribution in [1.82, 2.24) is 4.98 Å². The van der Waals surface area contributed by atoms with Gasteiger partial charge in [-0.05, 0) is 48.8 Å². The summed E-state index contributed by atoms with van der Waals surface area (Å²) < 4.78 is 0. The van der Waals surface area contributed by atoms with Gasteiger partial charge in [-0.15, -0.1) is 0 Å². The molecule has 0 radical (unpaired) electrons. The molecule has 1 aromatic heterocycles. The summed E-state index contributed by atoms with van der Waals surface area (Å²) in [7, 11) is -0.295. The topological polar surface area (TPSA) is 12.9 Å². The summed E-state index contributed by atoms with van der Waals surface area (Å²) in [5.74, 6) is 0. The van der Waals surface area contributed by atoms with Crippen LogP contribution < -0.4 is 10.6 Å². The van der Waals surface area contributed by atoms with E-state index in [0.29, 0.717) is 0 Å². The van der Waals surface area contributed by atoms with E-state index in [-0.39, 0.29) is 7.92 Å². The fraction of sp³-hybridized carbons (Fsp3) is 0.105. The molecular formula is C19H18NP. The molecule has 3 aromatic rings. The summed E-state index contributed by atoms with van der Waals surface area (Å²) in [6.07, 6.45) is 6.02. The predicted molar refractivity (Wildman–Crippen MR) is 91.9 cm³/mol. The van der Waals surface area contributed by atoms with Crippen molar-refractivity contribution in [3.63, 3.8) is 0 Å². The molecule has 2 aromatic carbocycles. The number of rotatable bonds is 5. The van der Waals surface area contributed by atoms with Gasteiger partial charge in [-0.2, -0.15) is 0 Å². The van der Waals surface area contributed by atoms with Gasteiger partial charge in [0.15, 0.2) is 0 Å². The average molecular weight is 291 g/mol. The lowest BCUT2D eigenvalue weighted by Gasteiger charge is -2.18. The molecule has 0 fully saturated rings. The van der Waals surface area contributed by atoms with Crippen molar-refractivity contribution < 1.29 is 0 Å². The maximum absolute atomic E-state index is 4.09. The van der Waals surface area contributed by atoms with Gasteiger partial charge in [0.25, 0.3) is 0 Å². The second kappa shape index (κ2) is 7.15. The molecule has 0 atom stereocenters. The van der Waals surface area contributed by atoms with Gasteiger partial charge in [0.2, 0.25) is 0 Å². The van der Waals surface area contributed by atoms with Gasteiger partial charge in [-0.1, -0.05) is 60.7 Å². The van der Waals surface area contributed by atoms with Crippen LogP contribution >= 0.6 is 7.92 Å². The first-order valence-corrected chi connectivity index (χ1v) is 8.73. The minimum atomic E-state index is -0.295. The summed E-state index contributed by atoms with van der Waals surface area (Å²) >= 11 is 0. The molecule has 0 aliphatic carbocycles. The Morgan fingerprint density at radius 3 is 1.71 bits per heavy atom. The van der Waals surface area contributed by atoms with Crippen molar-refractivity contribution in [2.75, 3.05) is 6.16 Å². The molecule has 0 aliphatic rings.